The zero-order valence-corrected chi connectivity index (χ0v) is 21.7. The van der Waals surface area contributed by atoms with E-state index in [9.17, 15) is 4.79 Å². The molecule has 10 nitrogen and oxygen atoms in total. The van der Waals surface area contributed by atoms with Gasteiger partial charge in [0, 0.05) is 25.0 Å². The van der Waals surface area contributed by atoms with E-state index in [4.69, 9.17) is 29.4 Å². The molecule has 0 spiro atoms. The van der Waals surface area contributed by atoms with E-state index in [1.54, 1.807) is 4.52 Å². The van der Waals surface area contributed by atoms with Gasteiger partial charge in [-0.2, -0.15) is 5.10 Å². The molecule has 0 saturated carbocycles. The van der Waals surface area contributed by atoms with Crippen molar-refractivity contribution >= 4 is 17.3 Å². The fraction of sp³-hybridized carbons (Fsp3) is 0.536. The monoisotopic (exact) mass is 522 g/mol. The van der Waals surface area contributed by atoms with Crippen LogP contribution < -0.4 is 5.73 Å². The Kier molecular flexibility index (Phi) is 6.59. The average Bonchev–Trinajstić information content (AvgIpc) is 3.49. The number of esters is 1. The van der Waals surface area contributed by atoms with E-state index in [2.05, 4.69) is 22.2 Å². The standard InChI is InChI=1S/C28H34N4O6/c1-27(2)37-22-14-21(19-8-9-20-26(29)30-17-31-32(19)20)36-23(25(22)38-27)16-35-24(33)15-28(10-12-34-13-11-28)18-6-4-3-5-7-18/h3-9,17,21-23,25H,10-16H2,1-2H3,(H2,29,30,31)/t21-,22+,23-,25+/m1/s1. The van der Waals surface area contributed by atoms with Crippen molar-refractivity contribution in [2.45, 2.75) is 75.1 Å². The zero-order chi connectivity index (χ0) is 26.3. The van der Waals surface area contributed by atoms with Gasteiger partial charge < -0.3 is 29.4 Å². The maximum atomic E-state index is 13.2. The summed E-state index contributed by atoms with van der Waals surface area (Å²) in [5.74, 6) is -0.624. The zero-order valence-electron chi connectivity index (χ0n) is 21.7. The second kappa shape index (κ2) is 9.92. The second-order valence-corrected chi connectivity index (χ2v) is 10.9. The quantitative estimate of drug-likeness (QED) is 0.486. The molecule has 3 aliphatic heterocycles. The Morgan fingerprint density at radius 1 is 1.13 bits per heavy atom. The smallest absolute Gasteiger partial charge is 0.306 e. The molecule has 0 aliphatic carbocycles. The normalized spacial score (nSPS) is 28.2. The van der Waals surface area contributed by atoms with E-state index < -0.39 is 11.9 Å². The first kappa shape index (κ1) is 25.2. The number of anilines is 1. The van der Waals surface area contributed by atoms with Crippen LogP contribution in [0, 0.1) is 0 Å². The van der Waals surface area contributed by atoms with Crippen LogP contribution >= 0.6 is 0 Å². The van der Waals surface area contributed by atoms with Gasteiger partial charge in [0.25, 0.3) is 0 Å². The first-order chi connectivity index (χ1) is 18.3. The number of carbonyl (C=O) groups excluding carboxylic acids is 1. The van der Waals surface area contributed by atoms with Gasteiger partial charge in [0.1, 0.15) is 36.8 Å². The Labute approximate surface area is 221 Å². The average molecular weight is 523 g/mol. The predicted molar refractivity (Wildman–Crippen MR) is 137 cm³/mol. The molecule has 0 radical (unpaired) electrons. The molecule has 202 valence electrons. The maximum absolute atomic E-state index is 13.2. The molecule has 5 heterocycles. The first-order valence-electron chi connectivity index (χ1n) is 13.2. The van der Waals surface area contributed by atoms with Gasteiger partial charge in [-0.25, -0.2) is 9.50 Å². The van der Waals surface area contributed by atoms with Crippen LogP contribution in [0.3, 0.4) is 0 Å². The van der Waals surface area contributed by atoms with Gasteiger partial charge >= 0.3 is 5.97 Å². The van der Waals surface area contributed by atoms with Gasteiger partial charge in [-0.05, 0) is 44.4 Å². The summed E-state index contributed by atoms with van der Waals surface area (Å²) in [4.78, 5) is 17.3. The van der Waals surface area contributed by atoms with Gasteiger partial charge in [-0.3, -0.25) is 4.79 Å². The molecule has 0 amide bonds. The van der Waals surface area contributed by atoms with E-state index in [1.807, 2.05) is 44.2 Å². The Bertz CT molecular complexity index is 1290. The molecular formula is C28H34N4O6. The molecular weight excluding hydrogens is 488 g/mol. The van der Waals surface area contributed by atoms with Gasteiger partial charge in [0.15, 0.2) is 11.6 Å². The van der Waals surface area contributed by atoms with Gasteiger partial charge in [-0.1, -0.05) is 30.3 Å². The summed E-state index contributed by atoms with van der Waals surface area (Å²) in [6.07, 6.45) is 2.41. The number of hydrogen-bond acceptors (Lipinski definition) is 9. The molecule has 2 N–H and O–H groups in total. The number of benzene rings is 1. The second-order valence-electron chi connectivity index (χ2n) is 10.9. The van der Waals surface area contributed by atoms with Crippen molar-refractivity contribution in [2.75, 3.05) is 25.6 Å². The summed E-state index contributed by atoms with van der Waals surface area (Å²) in [5, 5.41) is 4.37. The molecule has 1 aromatic carbocycles. The number of nitrogens with two attached hydrogens (primary N) is 1. The summed E-state index contributed by atoms with van der Waals surface area (Å²) < 4.78 is 32.2. The Hall–Kier alpha value is -3.05. The van der Waals surface area contributed by atoms with Crippen LogP contribution in [-0.2, 0) is 33.9 Å². The van der Waals surface area contributed by atoms with Crippen LogP contribution in [0.4, 0.5) is 5.82 Å². The highest BCUT2D eigenvalue weighted by molar-refractivity contribution is 5.71. The molecule has 3 aromatic rings. The van der Waals surface area contributed by atoms with Gasteiger partial charge in [0.05, 0.1) is 18.2 Å². The first-order valence-corrected chi connectivity index (χ1v) is 13.2. The molecule has 6 rings (SSSR count). The van der Waals surface area contributed by atoms with Crippen LogP contribution in [0.2, 0.25) is 0 Å². The van der Waals surface area contributed by atoms with E-state index in [-0.39, 0.29) is 42.7 Å². The highest BCUT2D eigenvalue weighted by Crippen LogP contribution is 2.43. The minimum atomic E-state index is -0.761. The predicted octanol–water partition coefficient (Wildman–Crippen LogP) is 3.34. The van der Waals surface area contributed by atoms with Crippen molar-refractivity contribution in [1.82, 2.24) is 14.6 Å². The van der Waals surface area contributed by atoms with E-state index >= 15 is 0 Å². The Balaban J connectivity index is 1.19. The summed E-state index contributed by atoms with van der Waals surface area (Å²) >= 11 is 0. The van der Waals surface area contributed by atoms with E-state index in [1.165, 1.54) is 6.33 Å². The molecule has 4 atom stereocenters. The number of ether oxygens (including phenoxy) is 5. The lowest BCUT2D eigenvalue weighted by atomic mass is 9.72. The SMILES string of the molecule is CC1(C)O[C@H]2[C@H](C[C@H](c3ccc4c(N)ncnn34)O[C@@H]2COC(=O)CC2(c3ccccc3)CCOCC2)O1. The van der Waals surface area contributed by atoms with Crippen LogP contribution in [0.25, 0.3) is 5.52 Å². The van der Waals surface area contributed by atoms with Crippen molar-refractivity contribution in [3.63, 3.8) is 0 Å². The molecule has 0 unspecified atom stereocenters. The molecule has 38 heavy (non-hydrogen) atoms. The van der Waals surface area contributed by atoms with Crippen molar-refractivity contribution in [3.8, 4) is 0 Å². The third kappa shape index (κ3) is 4.77. The number of nitrogens with zero attached hydrogens (tertiary/aromatic N) is 3. The Morgan fingerprint density at radius 2 is 1.92 bits per heavy atom. The van der Waals surface area contributed by atoms with Gasteiger partial charge in [0.2, 0.25) is 0 Å². The highest BCUT2D eigenvalue weighted by atomic mass is 16.8. The number of hydrogen-bond donors (Lipinski definition) is 1. The number of rotatable bonds is 6. The van der Waals surface area contributed by atoms with Crippen LogP contribution in [-0.4, -0.2) is 64.5 Å². The van der Waals surface area contributed by atoms with Crippen molar-refractivity contribution < 1.29 is 28.5 Å². The number of carbonyl (C=O) groups is 1. The highest BCUT2D eigenvalue weighted by Gasteiger charge is 2.51. The lowest BCUT2D eigenvalue weighted by Gasteiger charge is -2.38. The lowest BCUT2D eigenvalue weighted by molar-refractivity contribution is -0.179. The minimum Gasteiger partial charge on any atom is -0.463 e. The molecule has 3 fully saturated rings. The topological polar surface area (TPSA) is 119 Å². The number of nitrogen functional groups attached to an aromatic ring is 1. The summed E-state index contributed by atoms with van der Waals surface area (Å²) in [5.41, 5.74) is 8.43. The third-order valence-electron chi connectivity index (χ3n) is 7.94. The van der Waals surface area contributed by atoms with Crippen molar-refractivity contribution in [1.29, 1.82) is 0 Å². The van der Waals surface area contributed by atoms with Crippen molar-refractivity contribution in [3.05, 3.63) is 60.0 Å². The van der Waals surface area contributed by atoms with E-state index in [0.717, 1.165) is 24.1 Å². The molecule has 0 bridgehead atoms. The number of aromatic nitrogens is 3. The fourth-order valence-corrected chi connectivity index (χ4v) is 6.08. The molecule has 2 aromatic heterocycles. The van der Waals surface area contributed by atoms with Crippen molar-refractivity contribution in [2.24, 2.45) is 0 Å². The van der Waals surface area contributed by atoms with E-state index in [0.29, 0.717) is 31.0 Å². The number of fused-ring (bicyclic) bond motifs is 2. The maximum Gasteiger partial charge on any atom is 0.306 e. The fourth-order valence-electron chi connectivity index (χ4n) is 6.08. The summed E-state index contributed by atoms with van der Waals surface area (Å²) in [6, 6.07) is 14.0. The molecule has 3 saturated heterocycles. The Morgan fingerprint density at radius 3 is 2.71 bits per heavy atom. The van der Waals surface area contributed by atoms with Crippen LogP contribution in [0.15, 0.2) is 48.8 Å². The van der Waals surface area contributed by atoms with Crippen LogP contribution in [0.1, 0.15) is 56.9 Å². The minimum absolute atomic E-state index is 0.0672. The molecule has 10 heteroatoms. The summed E-state index contributed by atoms with van der Waals surface area (Å²) in [7, 11) is 0. The van der Waals surface area contributed by atoms with Gasteiger partial charge in [-0.15, -0.1) is 0 Å². The summed E-state index contributed by atoms with van der Waals surface area (Å²) in [6.45, 7) is 5.09. The third-order valence-corrected chi connectivity index (χ3v) is 7.94. The van der Waals surface area contributed by atoms with Crippen LogP contribution in [0.5, 0.6) is 0 Å². The molecule has 3 aliphatic rings. The lowest BCUT2D eigenvalue weighted by Crippen LogP contribution is -2.47. The largest absolute Gasteiger partial charge is 0.463 e.